The number of halogens is 4. The van der Waals surface area contributed by atoms with E-state index in [-0.39, 0.29) is 17.1 Å². The fraction of sp³-hybridized carbons (Fsp3) is 0.0909. The average Bonchev–Trinajstić information content (AvgIpc) is 2.76. The second kappa shape index (κ2) is 4.83. The van der Waals surface area contributed by atoms with Gasteiger partial charge in [-0.3, -0.25) is 9.89 Å². The number of rotatable bonds is 2. The van der Waals surface area contributed by atoms with Crippen molar-refractivity contribution >= 4 is 17.4 Å². The fourth-order valence-electron chi connectivity index (χ4n) is 1.50. The molecule has 1 aromatic heterocycles. The summed E-state index contributed by atoms with van der Waals surface area (Å²) in [6.45, 7) is 0. The van der Waals surface area contributed by atoms with Crippen molar-refractivity contribution in [2.75, 3.05) is 11.1 Å². The minimum atomic E-state index is -4.85. The van der Waals surface area contributed by atoms with E-state index in [1.807, 2.05) is 0 Å². The molecule has 5 nitrogen and oxygen atoms in total. The smallest absolute Gasteiger partial charge is 0.383 e. The van der Waals surface area contributed by atoms with Crippen LogP contribution in [0, 0.1) is 5.82 Å². The molecule has 1 heterocycles. The average molecular weight is 288 g/mol. The molecule has 2 aromatic rings. The number of carbonyl (C=O) groups excluding carboxylic acids is 1. The maximum atomic E-state index is 13.1. The SMILES string of the molecule is Nc1[nH]ncc1C(=O)Nc1ccc(F)c(C(F)(F)F)c1. The number of nitrogens with one attached hydrogen (secondary N) is 2. The molecule has 0 fully saturated rings. The van der Waals surface area contributed by atoms with Gasteiger partial charge in [-0.15, -0.1) is 0 Å². The number of aromatic amines is 1. The molecule has 2 rings (SSSR count). The van der Waals surface area contributed by atoms with Gasteiger partial charge in [-0.2, -0.15) is 18.3 Å². The Hall–Kier alpha value is -2.58. The maximum absolute atomic E-state index is 13.1. The van der Waals surface area contributed by atoms with E-state index in [0.717, 1.165) is 12.3 Å². The summed E-state index contributed by atoms with van der Waals surface area (Å²) in [5.74, 6) is -2.20. The van der Waals surface area contributed by atoms with Crippen LogP contribution in [0.1, 0.15) is 15.9 Å². The topological polar surface area (TPSA) is 83.8 Å². The third-order valence-corrected chi connectivity index (χ3v) is 2.44. The maximum Gasteiger partial charge on any atom is 0.419 e. The molecule has 0 aliphatic carbocycles. The lowest BCUT2D eigenvalue weighted by Gasteiger charge is -2.10. The number of hydrogen-bond donors (Lipinski definition) is 3. The van der Waals surface area contributed by atoms with Crippen molar-refractivity contribution in [1.82, 2.24) is 10.2 Å². The highest BCUT2D eigenvalue weighted by atomic mass is 19.4. The molecule has 106 valence electrons. The zero-order chi connectivity index (χ0) is 14.9. The van der Waals surface area contributed by atoms with Crippen LogP contribution in [0.4, 0.5) is 29.1 Å². The summed E-state index contributed by atoms with van der Waals surface area (Å²) in [7, 11) is 0. The molecule has 0 radical (unpaired) electrons. The van der Waals surface area contributed by atoms with Gasteiger partial charge in [0, 0.05) is 5.69 Å². The van der Waals surface area contributed by atoms with E-state index >= 15 is 0 Å². The van der Waals surface area contributed by atoms with Gasteiger partial charge in [-0.25, -0.2) is 4.39 Å². The summed E-state index contributed by atoms with van der Waals surface area (Å²) in [6, 6.07) is 2.14. The lowest BCUT2D eigenvalue weighted by atomic mass is 10.1. The molecular formula is C11H8F4N4O. The second-order valence-corrected chi connectivity index (χ2v) is 3.84. The van der Waals surface area contributed by atoms with Crippen LogP contribution in [-0.2, 0) is 6.18 Å². The Morgan fingerprint density at radius 1 is 1.35 bits per heavy atom. The Morgan fingerprint density at radius 2 is 2.05 bits per heavy atom. The third-order valence-electron chi connectivity index (χ3n) is 2.44. The van der Waals surface area contributed by atoms with Crippen molar-refractivity contribution in [2.24, 2.45) is 0 Å². The molecule has 0 atom stereocenters. The second-order valence-electron chi connectivity index (χ2n) is 3.84. The van der Waals surface area contributed by atoms with Gasteiger partial charge in [0.1, 0.15) is 17.2 Å². The van der Waals surface area contributed by atoms with Crippen LogP contribution in [0.15, 0.2) is 24.4 Å². The highest BCUT2D eigenvalue weighted by Gasteiger charge is 2.34. The number of H-pyrrole nitrogens is 1. The molecule has 20 heavy (non-hydrogen) atoms. The summed E-state index contributed by atoms with van der Waals surface area (Å²) in [4.78, 5) is 11.7. The first-order valence-corrected chi connectivity index (χ1v) is 5.26. The molecule has 0 saturated heterocycles. The third kappa shape index (κ3) is 2.71. The highest BCUT2D eigenvalue weighted by Crippen LogP contribution is 2.33. The monoisotopic (exact) mass is 288 g/mol. The van der Waals surface area contributed by atoms with Crippen molar-refractivity contribution in [3.63, 3.8) is 0 Å². The van der Waals surface area contributed by atoms with E-state index in [4.69, 9.17) is 5.73 Å². The minimum Gasteiger partial charge on any atom is -0.383 e. The van der Waals surface area contributed by atoms with Gasteiger partial charge in [0.15, 0.2) is 0 Å². The first-order valence-electron chi connectivity index (χ1n) is 5.26. The summed E-state index contributed by atoms with van der Waals surface area (Å²) >= 11 is 0. The molecule has 0 aliphatic rings. The van der Waals surface area contributed by atoms with E-state index in [1.54, 1.807) is 0 Å². The van der Waals surface area contributed by atoms with E-state index in [2.05, 4.69) is 15.5 Å². The van der Waals surface area contributed by atoms with Crippen LogP contribution < -0.4 is 11.1 Å². The fourth-order valence-corrected chi connectivity index (χ4v) is 1.50. The lowest BCUT2D eigenvalue weighted by molar-refractivity contribution is -0.139. The van der Waals surface area contributed by atoms with Crippen LogP contribution in [0.5, 0.6) is 0 Å². The van der Waals surface area contributed by atoms with Gasteiger partial charge in [0.2, 0.25) is 0 Å². The quantitative estimate of drug-likeness (QED) is 0.742. The van der Waals surface area contributed by atoms with Gasteiger partial charge in [0.25, 0.3) is 5.91 Å². The van der Waals surface area contributed by atoms with Crippen LogP contribution in [0.3, 0.4) is 0 Å². The van der Waals surface area contributed by atoms with E-state index in [0.29, 0.717) is 12.1 Å². The number of anilines is 2. The summed E-state index contributed by atoms with van der Waals surface area (Å²) in [5, 5.41) is 7.99. The van der Waals surface area contributed by atoms with Crippen molar-refractivity contribution in [2.45, 2.75) is 6.18 Å². The van der Waals surface area contributed by atoms with E-state index in [9.17, 15) is 22.4 Å². The molecule has 9 heteroatoms. The van der Waals surface area contributed by atoms with Crippen LogP contribution in [-0.4, -0.2) is 16.1 Å². The normalized spacial score (nSPS) is 11.4. The molecule has 0 bridgehead atoms. The number of amides is 1. The van der Waals surface area contributed by atoms with Crippen molar-refractivity contribution in [1.29, 1.82) is 0 Å². The zero-order valence-electron chi connectivity index (χ0n) is 9.75. The molecular weight excluding hydrogens is 280 g/mol. The lowest BCUT2D eigenvalue weighted by Crippen LogP contribution is -2.15. The van der Waals surface area contributed by atoms with Crippen molar-refractivity contribution < 1.29 is 22.4 Å². The van der Waals surface area contributed by atoms with Gasteiger partial charge in [-0.1, -0.05) is 0 Å². The summed E-state index contributed by atoms with van der Waals surface area (Å²) in [5.41, 5.74) is 3.71. The minimum absolute atomic E-state index is 0.0251. The van der Waals surface area contributed by atoms with E-state index in [1.165, 1.54) is 0 Å². The number of alkyl halides is 3. The number of carbonyl (C=O) groups is 1. The number of benzene rings is 1. The van der Waals surface area contributed by atoms with Gasteiger partial charge < -0.3 is 11.1 Å². The van der Waals surface area contributed by atoms with Crippen molar-refractivity contribution in [3.8, 4) is 0 Å². The number of nitrogens with two attached hydrogens (primary N) is 1. The number of nitrogens with zero attached hydrogens (tertiary/aromatic N) is 1. The molecule has 0 saturated carbocycles. The van der Waals surface area contributed by atoms with Gasteiger partial charge in [0.05, 0.1) is 11.8 Å². The van der Waals surface area contributed by atoms with Gasteiger partial charge >= 0.3 is 6.18 Å². The van der Waals surface area contributed by atoms with E-state index < -0.39 is 23.5 Å². The van der Waals surface area contributed by atoms with Crippen LogP contribution in [0.25, 0.3) is 0 Å². The zero-order valence-corrected chi connectivity index (χ0v) is 9.75. The molecule has 0 unspecified atom stereocenters. The summed E-state index contributed by atoms with van der Waals surface area (Å²) < 4.78 is 50.6. The Balaban J connectivity index is 2.27. The Bertz CT molecular complexity index is 650. The Labute approximate surface area is 109 Å². The van der Waals surface area contributed by atoms with Crippen LogP contribution >= 0.6 is 0 Å². The largest absolute Gasteiger partial charge is 0.419 e. The molecule has 1 amide bonds. The first-order chi connectivity index (χ1) is 9.29. The predicted molar refractivity (Wildman–Crippen MR) is 62.4 cm³/mol. The standard InChI is InChI=1S/C11H8F4N4O/c12-8-2-1-5(3-7(8)11(13,14)15)18-10(20)6-4-17-19-9(6)16/h1-4H,(H,18,20)(H3,16,17,19). The molecule has 0 aliphatic heterocycles. The Kier molecular flexibility index (Phi) is 3.35. The van der Waals surface area contributed by atoms with Crippen LogP contribution in [0.2, 0.25) is 0 Å². The number of nitrogen functional groups attached to an aromatic ring is 1. The van der Waals surface area contributed by atoms with Crippen molar-refractivity contribution in [3.05, 3.63) is 41.3 Å². The Morgan fingerprint density at radius 3 is 2.60 bits per heavy atom. The first kappa shape index (κ1) is 13.8. The van der Waals surface area contributed by atoms with Gasteiger partial charge in [-0.05, 0) is 18.2 Å². The number of hydrogen-bond acceptors (Lipinski definition) is 3. The highest BCUT2D eigenvalue weighted by molar-refractivity contribution is 6.07. The molecule has 0 spiro atoms. The molecule has 4 N–H and O–H groups in total. The predicted octanol–water partition coefficient (Wildman–Crippen LogP) is 2.40. The molecule has 1 aromatic carbocycles. The summed E-state index contributed by atoms with van der Waals surface area (Å²) in [6.07, 6.45) is -3.72. The number of aromatic nitrogens is 2.